The van der Waals surface area contributed by atoms with Gasteiger partial charge in [0, 0.05) is 45.7 Å². The minimum atomic E-state index is 0.127. The summed E-state index contributed by atoms with van der Waals surface area (Å²) in [5.74, 6) is 0.891. The van der Waals surface area contributed by atoms with Gasteiger partial charge in [-0.25, -0.2) is 9.97 Å². The predicted molar refractivity (Wildman–Crippen MR) is 67.6 cm³/mol. The van der Waals surface area contributed by atoms with Crippen LogP contribution in [0.4, 0.5) is 5.95 Å². The molecule has 1 aliphatic rings. The number of carbonyl (C=O) groups excluding carboxylic acids is 1. The summed E-state index contributed by atoms with van der Waals surface area (Å²) < 4.78 is 4.83. The molecule has 0 amide bonds. The molecule has 1 fully saturated rings. The fourth-order valence-corrected chi connectivity index (χ4v) is 2.02. The van der Waals surface area contributed by atoms with E-state index in [1.807, 2.05) is 6.07 Å². The Bertz CT molecular complexity index is 377. The molecule has 1 aliphatic heterocycles. The number of hydrogen-bond donors (Lipinski definition) is 0. The molecule has 0 aromatic carbocycles. The summed E-state index contributed by atoms with van der Waals surface area (Å²) in [6, 6.07) is 1.81. The van der Waals surface area contributed by atoms with Gasteiger partial charge in [-0.15, -0.1) is 0 Å². The number of carbonyl (C=O) groups is 1. The van der Waals surface area contributed by atoms with E-state index in [9.17, 15) is 4.79 Å². The first-order valence-electron chi connectivity index (χ1n) is 6.04. The molecular weight excluding hydrogens is 232 g/mol. The van der Waals surface area contributed by atoms with Gasteiger partial charge in [0.2, 0.25) is 5.95 Å². The van der Waals surface area contributed by atoms with Crippen LogP contribution >= 0.6 is 0 Å². The Kier molecular flexibility index (Phi) is 4.60. The van der Waals surface area contributed by atoms with E-state index in [-0.39, 0.29) is 12.4 Å². The minimum Gasteiger partial charge on any atom is -0.377 e. The normalized spacial score (nSPS) is 16.8. The quantitative estimate of drug-likeness (QED) is 0.722. The highest BCUT2D eigenvalue weighted by Crippen LogP contribution is 2.09. The zero-order valence-electron chi connectivity index (χ0n) is 10.6. The molecule has 0 saturated carbocycles. The van der Waals surface area contributed by atoms with E-state index in [1.54, 1.807) is 19.5 Å². The van der Waals surface area contributed by atoms with Gasteiger partial charge >= 0.3 is 0 Å². The van der Waals surface area contributed by atoms with Crippen LogP contribution in [0.25, 0.3) is 0 Å². The van der Waals surface area contributed by atoms with E-state index in [1.165, 1.54) is 0 Å². The fraction of sp³-hybridized carbons (Fsp3) is 0.583. The van der Waals surface area contributed by atoms with E-state index in [4.69, 9.17) is 4.74 Å². The Balaban J connectivity index is 1.80. The Morgan fingerprint density at radius 3 is 2.56 bits per heavy atom. The van der Waals surface area contributed by atoms with Crippen LogP contribution in [0.3, 0.4) is 0 Å². The van der Waals surface area contributed by atoms with Crippen molar-refractivity contribution < 1.29 is 9.53 Å². The zero-order chi connectivity index (χ0) is 12.8. The Morgan fingerprint density at radius 1 is 1.28 bits per heavy atom. The number of Topliss-reactive ketones (excluding diaryl/α,β-unsaturated/α-hetero) is 1. The molecule has 0 atom stereocenters. The van der Waals surface area contributed by atoms with Crippen molar-refractivity contribution in [1.82, 2.24) is 14.9 Å². The summed E-state index contributed by atoms with van der Waals surface area (Å²) >= 11 is 0. The smallest absolute Gasteiger partial charge is 0.225 e. The van der Waals surface area contributed by atoms with E-state index < -0.39 is 0 Å². The summed E-state index contributed by atoms with van der Waals surface area (Å²) in [5.41, 5.74) is 0. The van der Waals surface area contributed by atoms with Crippen LogP contribution in [0, 0.1) is 0 Å². The lowest BCUT2D eigenvalue weighted by atomic mass is 10.3. The van der Waals surface area contributed by atoms with E-state index in [2.05, 4.69) is 19.8 Å². The van der Waals surface area contributed by atoms with Crippen molar-refractivity contribution in [1.29, 1.82) is 0 Å². The molecule has 1 saturated heterocycles. The topological polar surface area (TPSA) is 58.6 Å². The molecular formula is C12H18N4O2. The Hall–Kier alpha value is -1.53. The number of ketones is 1. The van der Waals surface area contributed by atoms with E-state index in [0.29, 0.717) is 6.54 Å². The first kappa shape index (κ1) is 12.9. The van der Waals surface area contributed by atoms with Gasteiger partial charge in [0.1, 0.15) is 6.61 Å². The van der Waals surface area contributed by atoms with Crippen LogP contribution in [-0.4, -0.2) is 67.1 Å². The summed E-state index contributed by atoms with van der Waals surface area (Å²) in [5, 5.41) is 0. The molecule has 0 bridgehead atoms. The molecule has 6 nitrogen and oxygen atoms in total. The van der Waals surface area contributed by atoms with Crippen molar-refractivity contribution in [3.05, 3.63) is 18.5 Å². The van der Waals surface area contributed by atoms with Gasteiger partial charge in [0.15, 0.2) is 5.78 Å². The van der Waals surface area contributed by atoms with Crippen molar-refractivity contribution in [3.63, 3.8) is 0 Å². The lowest BCUT2D eigenvalue weighted by Crippen LogP contribution is -2.48. The second-order valence-electron chi connectivity index (χ2n) is 4.28. The van der Waals surface area contributed by atoms with E-state index in [0.717, 1.165) is 32.1 Å². The maximum absolute atomic E-state index is 11.5. The Labute approximate surface area is 107 Å². The van der Waals surface area contributed by atoms with Crippen molar-refractivity contribution >= 4 is 11.7 Å². The van der Waals surface area contributed by atoms with Gasteiger partial charge in [-0.3, -0.25) is 9.69 Å². The average Bonchev–Trinajstić information content (AvgIpc) is 2.41. The molecule has 0 aliphatic carbocycles. The molecule has 0 N–H and O–H groups in total. The van der Waals surface area contributed by atoms with Gasteiger partial charge in [0.25, 0.3) is 0 Å². The first-order valence-corrected chi connectivity index (χ1v) is 6.04. The molecule has 0 radical (unpaired) electrons. The second-order valence-corrected chi connectivity index (χ2v) is 4.28. The summed E-state index contributed by atoms with van der Waals surface area (Å²) in [6.45, 7) is 4.08. The predicted octanol–water partition coefficient (Wildman–Crippen LogP) is -0.186. The number of anilines is 1. The monoisotopic (exact) mass is 250 g/mol. The first-order chi connectivity index (χ1) is 8.79. The molecule has 0 unspecified atom stereocenters. The standard InChI is InChI=1S/C12H18N4O2/c1-18-10-11(17)9-15-5-7-16(8-6-15)12-13-3-2-4-14-12/h2-4H,5-10H2,1H3. The molecule has 2 rings (SSSR count). The maximum atomic E-state index is 11.5. The molecule has 6 heteroatoms. The van der Waals surface area contributed by atoms with E-state index >= 15 is 0 Å². The van der Waals surface area contributed by atoms with Gasteiger partial charge in [-0.2, -0.15) is 0 Å². The van der Waals surface area contributed by atoms with Crippen LogP contribution in [0.1, 0.15) is 0 Å². The third kappa shape index (κ3) is 3.48. The highest BCUT2D eigenvalue weighted by Gasteiger charge is 2.20. The van der Waals surface area contributed by atoms with Gasteiger partial charge in [-0.1, -0.05) is 0 Å². The lowest BCUT2D eigenvalue weighted by molar-refractivity contribution is -0.123. The molecule has 1 aromatic heterocycles. The number of hydrogen-bond acceptors (Lipinski definition) is 6. The Morgan fingerprint density at radius 2 is 1.94 bits per heavy atom. The van der Waals surface area contributed by atoms with Crippen LogP contribution in [0.2, 0.25) is 0 Å². The number of piperazine rings is 1. The van der Waals surface area contributed by atoms with Crippen LogP contribution < -0.4 is 4.90 Å². The molecule has 98 valence electrons. The number of nitrogens with zero attached hydrogens (tertiary/aromatic N) is 4. The third-order valence-corrected chi connectivity index (χ3v) is 2.91. The molecule has 0 spiro atoms. The number of ether oxygens (including phenoxy) is 1. The van der Waals surface area contributed by atoms with Crippen molar-refractivity contribution in [2.75, 3.05) is 51.3 Å². The highest BCUT2D eigenvalue weighted by atomic mass is 16.5. The number of rotatable bonds is 5. The lowest BCUT2D eigenvalue weighted by Gasteiger charge is -2.34. The van der Waals surface area contributed by atoms with Crippen molar-refractivity contribution in [2.45, 2.75) is 0 Å². The summed E-state index contributed by atoms with van der Waals surface area (Å²) in [6.07, 6.45) is 3.49. The number of aromatic nitrogens is 2. The van der Waals surface area contributed by atoms with Crippen molar-refractivity contribution in [3.8, 4) is 0 Å². The van der Waals surface area contributed by atoms with Crippen molar-refractivity contribution in [2.24, 2.45) is 0 Å². The highest BCUT2D eigenvalue weighted by molar-refractivity contribution is 5.81. The largest absolute Gasteiger partial charge is 0.377 e. The molecule has 1 aromatic rings. The van der Waals surface area contributed by atoms with Gasteiger partial charge in [0.05, 0.1) is 6.54 Å². The molecule has 18 heavy (non-hydrogen) atoms. The second kappa shape index (κ2) is 6.42. The minimum absolute atomic E-state index is 0.127. The zero-order valence-corrected chi connectivity index (χ0v) is 10.6. The van der Waals surface area contributed by atoms with Crippen LogP contribution in [0.5, 0.6) is 0 Å². The summed E-state index contributed by atoms with van der Waals surface area (Å²) in [7, 11) is 1.54. The summed E-state index contributed by atoms with van der Waals surface area (Å²) in [4.78, 5) is 24.2. The molecule has 2 heterocycles. The van der Waals surface area contributed by atoms with Crippen LogP contribution in [-0.2, 0) is 9.53 Å². The van der Waals surface area contributed by atoms with Gasteiger partial charge in [-0.05, 0) is 6.07 Å². The maximum Gasteiger partial charge on any atom is 0.225 e. The SMILES string of the molecule is COCC(=O)CN1CCN(c2ncccn2)CC1. The van der Waals surface area contributed by atoms with Gasteiger partial charge < -0.3 is 9.64 Å². The number of methoxy groups -OCH3 is 1. The fourth-order valence-electron chi connectivity index (χ4n) is 2.02. The average molecular weight is 250 g/mol. The third-order valence-electron chi connectivity index (χ3n) is 2.91. The van der Waals surface area contributed by atoms with Crippen LogP contribution in [0.15, 0.2) is 18.5 Å².